The van der Waals surface area contributed by atoms with Gasteiger partial charge in [0.25, 0.3) is 0 Å². The summed E-state index contributed by atoms with van der Waals surface area (Å²) in [6, 6.07) is 13.0. The molecule has 5 heteroatoms. The normalized spacial score (nSPS) is 23.0. The zero-order valence-corrected chi connectivity index (χ0v) is 18.3. The monoisotopic (exact) mass is 403 g/mol. The third kappa shape index (κ3) is 4.01. The van der Waals surface area contributed by atoms with E-state index in [2.05, 4.69) is 65.1 Å². The van der Waals surface area contributed by atoms with E-state index < -0.39 is 0 Å². The number of benzene rings is 1. The summed E-state index contributed by atoms with van der Waals surface area (Å²) >= 11 is 0. The van der Waals surface area contributed by atoms with Crippen LogP contribution in [0, 0.1) is 19.3 Å². The van der Waals surface area contributed by atoms with Crippen molar-refractivity contribution >= 4 is 5.65 Å². The molecule has 0 N–H and O–H groups in total. The molecule has 0 amide bonds. The van der Waals surface area contributed by atoms with E-state index in [0.717, 1.165) is 30.0 Å². The molecule has 30 heavy (non-hydrogen) atoms. The number of hydrogen-bond acceptors (Lipinski definition) is 4. The first-order valence-corrected chi connectivity index (χ1v) is 11.4. The highest BCUT2D eigenvalue weighted by molar-refractivity contribution is 5.47. The lowest BCUT2D eigenvalue weighted by molar-refractivity contribution is 0.0929. The smallest absolute Gasteiger partial charge is 0.159 e. The fourth-order valence-electron chi connectivity index (χ4n) is 5.60. The second kappa shape index (κ2) is 8.12. The van der Waals surface area contributed by atoms with Crippen LogP contribution in [0.4, 0.5) is 0 Å². The first kappa shape index (κ1) is 19.7. The second-order valence-corrected chi connectivity index (χ2v) is 9.52. The maximum Gasteiger partial charge on any atom is 0.159 e. The van der Waals surface area contributed by atoms with E-state index in [1.807, 2.05) is 10.7 Å². The Hall–Kier alpha value is -2.24. The molecule has 2 aliphatic heterocycles. The van der Waals surface area contributed by atoms with Gasteiger partial charge in [-0.1, -0.05) is 30.3 Å². The Morgan fingerprint density at radius 1 is 1.00 bits per heavy atom. The molecule has 1 spiro atoms. The number of likely N-dealkylation sites (tertiary alicyclic amines) is 2. The summed E-state index contributed by atoms with van der Waals surface area (Å²) in [5.74, 6) is 0. The van der Waals surface area contributed by atoms with Gasteiger partial charge in [-0.2, -0.15) is 5.10 Å². The fourth-order valence-corrected chi connectivity index (χ4v) is 5.60. The van der Waals surface area contributed by atoms with Crippen molar-refractivity contribution in [2.45, 2.75) is 46.1 Å². The molecule has 4 heterocycles. The van der Waals surface area contributed by atoms with Crippen LogP contribution in [0.15, 0.2) is 42.6 Å². The predicted octanol–water partition coefficient (Wildman–Crippen LogP) is 3.88. The van der Waals surface area contributed by atoms with E-state index in [1.165, 1.54) is 63.1 Å². The Morgan fingerprint density at radius 3 is 2.70 bits per heavy atom. The van der Waals surface area contributed by atoms with Crippen LogP contribution in [-0.4, -0.2) is 57.1 Å². The zero-order valence-electron chi connectivity index (χ0n) is 18.3. The Morgan fingerprint density at radius 2 is 1.83 bits per heavy atom. The summed E-state index contributed by atoms with van der Waals surface area (Å²) < 4.78 is 1.99. The summed E-state index contributed by atoms with van der Waals surface area (Å²) in [5, 5.41) is 4.59. The molecule has 2 aliphatic rings. The highest BCUT2D eigenvalue weighted by Crippen LogP contribution is 2.39. The van der Waals surface area contributed by atoms with Crippen molar-refractivity contribution < 1.29 is 0 Å². The van der Waals surface area contributed by atoms with Crippen molar-refractivity contribution in [3.05, 3.63) is 65.1 Å². The molecule has 2 saturated heterocycles. The molecular formula is C25H33N5. The molecule has 0 aliphatic carbocycles. The Bertz CT molecular complexity index is 1010. The molecule has 0 radical (unpaired) electrons. The molecular weight excluding hydrogens is 370 g/mol. The van der Waals surface area contributed by atoms with E-state index in [0.29, 0.717) is 5.41 Å². The number of hydrogen-bond donors (Lipinski definition) is 0. The highest BCUT2D eigenvalue weighted by Gasteiger charge is 2.41. The van der Waals surface area contributed by atoms with Gasteiger partial charge in [-0.3, -0.25) is 4.90 Å². The summed E-state index contributed by atoms with van der Waals surface area (Å²) in [6.07, 6.45) is 7.20. The number of aromatic nitrogens is 3. The molecule has 2 fully saturated rings. The van der Waals surface area contributed by atoms with Crippen molar-refractivity contribution in [3.63, 3.8) is 0 Å². The highest BCUT2D eigenvalue weighted by atomic mass is 15.3. The third-order valence-corrected chi connectivity index (χ3v) is 7.06. The van der Waals surface area contributed by atoms with Gasteiger partial charge in [-0.25, -0.2) is 9.50 Å². The average molecular weight is 404 g/mol. The second-order valence-electron chi connectivity index (χ2n) is 9.52. The van der Waals surface area contributed by atoms with Crippen molar-refractivity contribution in [2.75, 3.05) is 32.7 Å². The van der Waals surface area contributed by atoms with Crippen LogP contribution in [0.1, 0.15) is 41.8 Å². The van der Waals surface area contributed by atoms with Crippen molar-refractivity contribution in [1.29, 1.82) is 0 Å². The Kier molecular flexibility index (Phi) is 5.34. The number of fused-ring (bicyclic) bond motifs is 1. The molecule has 1 unspecified atom stereocenters. The van der Waals surface area contributed by atoms with E-state index >= 15 is 0 Å². The van der Waals surface area contributed by atoms with Gasteiger partial charge in [0.15, 0.2) is 5.65 Å². The minimum absolute atomic E-state index is 0.469. The molecule has 1 atom stereocenters. The molecule has 2 aromatic heterocycles. The van der Waals surface area contributed by atoms with Crippen LogP contribution in [0.25, 0.3) is 5.65 Å². The van der Waals surface area contributed by atoms with Gasteiger partial charge in [0.1, 0.15) is 0 Å². The van der Waals surface area contributed by atoms with E-state index in [1.54, 1.807) is 0 Å². The number of aryl methyl sites for hydroxylation is 2. The van der Waals surface area contributed by atoms with Crippen LogP contribution in [0.5, 0.6) is 0 Å². The number of nitrogens with zero attached hydrogens (tertiary/aromatic N) is 5. The molecule has 5 nitrogen and oxygen atoms in total. The SMILES string of the molecule is Cc1cc(C)n2ncc(CN3CCC4(CCCN(CCc5ccccc5)C4)C3)c2n1. The molecule has 0 bridgehead atoms. The topological polar surface area (TPSA) is 36.7 Å². The molecule has 1 aromatic carbocycles. The molecule has 158 valence electrons. The van der Waals surface area contributed by atoms with Gasteiger partial charge < -0.3 is 4.90 Å². The maximum atomic E-state index is 4.77. The quantitative estimate of drug-likeness (QED) is 0.648. The molecule has 3 aromatic rings. The van der Waals surface area contributed by atoms with Crippen molar-refractivity contribution in [2.24, 2.45) is 5.41 Å². The molecule has 5 rings (SSSR count). The van der Waals surface area contributed by atoms with Crippen molar-refractivity contribution in [3.8, 4) is 0 Å². The number of rotatable bonds is 5. The fraction of sp³-hybridized carbons (Fsp3) is 0.520. The summed E-state index contributed by atoms with van der Waals surface area (Å²) in [7, 11) is 0. The van der Waals surface area contributed by atoms with Crippen LogP contribution >= 0.6 is 0 Å². The third-order valence-electron chi connectivity index (χ3n) is 7.06. The average Bonchev–Trinajstić information content (AvgIpc) is 3.32. The predicted molar refractivity (Wildman–Crippen MR) is 121 cm³/mol. The largest absolute Gasteiger partial charge is 0.302 e. The lowest BCUT2D eigenvalue weighted by Crippen LogP contribution is -2.45. The number of piperidine rings is 1. The van der Waals surface area contributed by atoms with Gasteiger partial charge >= 0.3 is 0 Å². The van der Waals surface area contributed by atoms with Crippen molar-refractivity contribution in [1.82, 2.24) is 24.4 Å². The minimum Gasteiger partial charge on any atom is -0.302 e. The summed E-state index contributed by atoms with van der Waals surface area (Å²) in [6.45, 7) is 11.2. The van der Waals surface area contributed by atoms with E-state index in [4.69, 9.17) is 4.98 Å². The van der Waals surface area contributed by atoms with Gasteiger partial charge in [0.2, 0.25) is 0 Å². The van der Waals surface area contributed by atoms with E-state index in [9.17, 15) is 0 Å². The van der Waals surface area contributed by atoms with Gasteiger partial charge in [-0.15, -0.1) is 0 Å². The van der Waals surface area contributed by atoms with E-state index in [-0.39, 0.29) is 0 Å². The standard InChI is InChI=1S/C25H33N5/c1-20-15-21(2)30-24(27-20)23(16-26-30)17-29-14-11-25(19-29)10-6-12-28(18-25)13-9-22-7-4-3-5-8-22/h3-5,7-8,15-16H,6,9-14,17-19H2,1-2H3. The van der Waals surface area contributed by atoms with Gasteiger partial charge in [0.05, 0.1) is 6.20 Å². The molecule has 0 saturated carbocycles. The Balaban J connectivity index is 1.23. The minimum atomic E-state index is 0.469. The van der Waals surface area contributed by atoms with Gasteiger partial charge in [0, 0.05) is 43.1 Å². The van der Waals surface area contributed by atoms with Crippen LogP contribution in [-0.2, 0) is 13.0 Å². The lowest BCUT2D eigenvalue weighted by atomic mass is 9.79. The summed E-state index contributed by atoms with van der Waals surface area (Å²) in [5.41, 5.74) is 6.44. The summed E-state index contributed by atoms with van der Waals surface area (Å²) in [4.78, 5) is 10.1. The lowest BCUT2D eigenvalue weighted by Gasteiger charge is -2.40. The van der Waals surface area contributed by atoms with Crippen LogP contribution in [0.2, 0.25) is 0 Å². The first-order chi connectivity index (χ1) is 14.6. The first-order valence-electron chi connectivity index (χ1n) is 11.4. The zero-order chi connectivity index (χ0) is 20.6. The maximum absolute atomic E-state index is 4.77. The van der Waals surface area contributed by atoms with Crippen LogP contribution in [0.3, 0.4) is 0 Å². The van der Waals surface area contributed by atoms with Crippen LogP contribution < -0.4 is 0 Å². The Labute approximate surface area is 179 Å². The van der Waals surface area contributed by atoms with Gasteiger partial charge in [-0.05, 0) is 69.7 Å².